The number of ether oxygens (including phenoxy) is 1. The fourth-order valence-corrected chi connectivity index (χ4v) is 1.48. The maximum absolute atomic E-state index is 11.7. The highest BCUT2D eigenvalue weighted by Crippen LogP contribution is 2.07. The molecule has 1 aliphatic heterocycles. The lowest BCUT2D eigenvalue weighted by molar-refractivity contribution is 0.0378. The number of rotatable bonds is 3. The van der Waals surface area contributed by atoms with Gasteiger partial charge in [0.2, 0.25) is 0 Å². The van der Waals surface area contributed by atoms with E-state index in [-0.39, 0.29) is 12.6 Å². The summed E-state index contributed by atoms with van der Waals surface area (Å²) in [5.41, 5.74) is 5.40. The molecule has 2 rings (SSSR count). The molecule has 0 aliphatic carbocycles. The Morgan fingerprint density at radius 3 is 2.82 bits per heavy atom. The Bertz CT molecular complexity index is 423. The van der Waals surface area contributed by atoms with E-state index in [1.54, 1.807) is 12.1 Å². The van der Waals surface area contributed by atoms with Gasteiger partial charge in [0.05, 0.1) is 12.2 Å². The number of hydrogen-bond donors (Lipinski definition) is 1. The van der Waals surface area contributed by atoms with E-state index in [1.807, 2.05) is 25.1 Å². The summed E-state index contributed by atoms with van der Waals surface area (Å²) < 4.78 is 5.19. The molecule has 0 atom stereocenters. The molecule has 1 heterocycles. The fourth-order valence-electron chi connectivity index (χ4n) is 1.48. The Hall–Kier alpha value is -1.65. The minimum Gasteiger partial charge on any atom is -0.457 e. The molecule has 0 radical (unpaired) electrons. The third-order valence-corrected chi connectivity index (χ3v) is 2.51. The van der Waals surface area contributed by atoms with Gasteiger partial charge in [-0.05, 0) is 24.6 Å². The molecular formula is C13H15NO3. The topological polar surface area (TPSA) is 47.6 Å². The van der Waals surface area contributed by atoms with Crippen molar-refractivity contribution < 1.29 is 14.4 Å². The van der Waals surface area contributed by atoms with E-state index in [4.69, 9.17) is 9.57 Å². The third kappa shape index (κ3) is 3.41. The van der Waals surface area contributed by atoms with Gasteiger partial charge < -0.3 is 4.74 Å². The van der Waals surface area contributed by atoms with Crippen molar-refractivity contribution in [2.45, 2.75) is 6.92 Å². The number of nitrogens with one attached hydrogen (secondary N) is 1. The molecule has 1 aromatic rings. The van der Waals surface area contributed by atoms with Gasteiger partial charge in [-0.1, -0.05) is 23.8 Å². The molecule has 0 saturated heterocycles. The Kier molecular flexibility index (Phi) is 3.90. The first kappa shape index (κ1) is 11.8. The van der Waals surface area contributed by atoms with Gasteiger partial charge in [-0.3, -0.25) is 4.84 Å². The van der Waals surface area contributed by atoms with Gasteiger partial charge in [0.1, 0.15) is 6.61 Å². The van der Waals surface area contributed by atoms with Crippen LogP contribution in [0.25, 0.3) is 0 Å². The first-order chi connectivity index (χ1) is 8.25. The lowest BCUT2D eigenvalue weighted by Gasteiger charge is -2.14. The molecule has 1 aliphatic rings. The Balaban J connectivity index is 1.88. The van der Waals surface area contributed by atoms with E-state index in [2.05, 4.69) is 5.48 Å². The van der Waals surface area contributed by atoms with Crippen molar-refractivity contribution in [1.82, 2.24) is 5.48 Å². The van der Waals surface area contributed by atoms with E-state index in [0.29, 0.717) is 18.7 Å². The largest absolute Gasteiger partial charge is 0.457 e. The molecule has 4 nitrogen and oxygen atoms in total. The van der Waals surface area contributed by atoms with Crippen molar-refractivity contribution in [2.24, 2.45) is 0 Å². The van der Waals surface area contributed by atoms with Crippen molar-refractivity contribution in [3.05, 3.63) is 47.0 Å². The van der Waals surface area contributed by atoms with Crippen LogP contribution in [0.3, 0.4) is 0 Å². The van der Waals surface area contributed by atoms with Crippen molar-refractivity contribution >= 4 is 5.97 Å². The lowest BCUT2D eigenvalue weighted by atomic mass is 10.1. The zero-order valence-corrected chi connectivity index (χ0v) is 9.73. The Morgan fingerprint density at radius 2 is 2.18 bits per heavy atom. The van der Waals surface area contributed by atoms with Crippen molar-refractivity contribution in [1.29, 1.82) is 0 Å². The van der Waals surface area contributed by atoms with Crippen LogP contribution in [0.5, 0.6) is 0 Å². The standard InChI is InChI=1S/C13H15NO3/c1-10-2-4-12(5-3-10)13(15)16-8-11-6-7-14-17-9-11/h2-6,14H,7-9H2,1H3. The van der Waals surface area contributed by atoms with Crippen LogP contribution in [-0.4, -0.2) is 25.7 Å². The lowest BCUT2D eigenvalue weighted by Crippen LogP contribution is -2.24. The van der Waals surface area contributed by atoms with Crippen LogP contribution in [0.2, 0.25) is 0 Å². The van der Waals surface area contributed by atoms with Crippen LogP contribution < -0.4 is 5.48 Å². The van der Waals surface area contributed by atoms with E-state index < -0.39 is 0 Å². The van der Waals surface area contributed by atoms with Gasteiger partial charge in [0.15, 0.2) is 0 Å². The average molecular weight is 233 g/mol. The molecule has 0 fully saturated rings. The second-order valence-corrected chi connectivity index (χ2v) is 3.94. The zero-order valence-electron chi connectivity index (χ0n) is 9.73. The van der Waals surface area contributed by atoms with E-state index in [9.17, 15) is 4.79 Å². The number of esters is 1. The van der Waals surface area contributed by atoms with Crippen molar-refractivity contribution in [3.63, 3.8) is 0 Å². The molecule has 90 valence electrons. The smallest absolute Gasteiger partial charge is 0.338 e. The molecule has 0 amide bonds. The molecule has 0 bridgehead atoms. The zero-order chi connectivity index (χ0) is 12.1. The number of hydrogen-bond acceptors (Lipinski definition) is 4. The minimum atomic E-state index is -0.301. The first-order valence-corrected chi connectivity index (χ1v) is 5.52. The highest BCUT2D eigenvalue weighted by molar-refractivity contribution is 5.89. The van der Waals surface area contributed by atoms with Crippen LogP contribution >= 0.6 is 0 Å². The fraction of sp³-hybridized carbons (Fsp3) is 0.308. The summed E-state index contributed by atoms with van der Waals surface area (Å²) in [6, 6.07) is 7.32. The number of hydroxylamine groups is 1. The monoisotopic (exact) mass is 233 g/mol. The molecule has 0 spiro atoms. The molecule has 0 aromatic heterocycles. The van der Waals surface area contributed by atoms with Crippen LogP contribution in [0.4, 0.5) is 0 Å². The van der Waals surface area contributed by atoms with Gasteiger partial charge in [0.25, 0.3) is 0 Å². The minimum absolute atomic E-state index is 0.286. The second-order valence-electron chi connectivity index (χ2n) is 3.94. The molecule has 4 heteroatoms. The van der Waals surface area contributed by atoms with Gasteiger partial charge in [0, 0.05) is 6.54 Å². The van der Waals surface area contributed by atoms with Gasteiger partial charge in [-0.15, -0.1) is 0 Å². The van der Waals surface area contributed by atoms with E-state index in [0.717, 1.165) is 11.1 Å². The Labute approximate surface area is 100 Å². The van der Waals surface area contributed by atoms with Crippen LogP contribution in [0.15, 0.2) is 35.9 Å². The molecule has 0 unspecified atom stereocenters. The van der Waals surface area contributed by atoms with Crippen molar-refractivity contribution in [2.75, 3.05) is 19.8 Å². The van der Waals surface area contributed by atoms with E-state index >= 15 is 0 Å². The maximum atomic E-state index is 11.7. The summed E-state index contributed by atoms with van der Waals surface area (Å²) in [6.07, 6.45) is 1.96. The van der Waals surface area contributed by atoms with Crippen LogP contribution in [0, 0.1) is 6.92 Å². The quantitative estimate of drug-likeness (QED) is 0.636. The predicted molar refractivity (Wildman–Crippen MR) is 63.5 cm³/mol. The predicted octanol–water partition coefficient (Wildman–Crippen LogP) is 1.61. The van der Waals surface area contributed by atoms with Crippen LogP contribution in [-0.2, 0) is 9.57 Å². The molecular weight excluding hydrogens is 218 g/mol. The molecule has 0 saturated carbocycles. The second kappa shape index (κ2) is 5.61. The maximum Gasteiger partial charge on any atom is 0.338 e. The summed E-state index contributed by atoms with van der Waals surface area (Å²) in [6.45, 7) is 3.37. The number of carbonyl (C=O) groups is 1. The van der Waals surface area contributed by atoms with Gasteiger partial charge in [-0.25, -0.2) is 4.79 Å². The highest BCUT2D eigenvalue weighted by atomic mass is 16.6. The van der Waals surface area contributed by atoms with Gasteiger partial charge >= 0.3 is 5.97 Å². The summed E-state index contributed by atoms with van der Waals surface area (Å²) in [5, 5.41) is 0. The summed E-state index contributed by atoms with van der Waals surface area (Å²) in [4.78, 5) is 16.7. The van der Waals surface area contributed by atoms with E-state index in [1.165, 1.54) is 0 Å². The van der Waals surface area contributed by atoms with Crippen molar-refractivity contribution in [3.8, 4) is 0 Å². The molecule has 1 N–H and O–H groups in total. The summed E-state index contributed by atoms with van der Waals surface area (Å²) in [5.74, 6) is -0.301. The number of carbonyl (C=O) groups excluding carboxylic acids is 1. The number of benzene rings is 1. The summed E-state index contributed by atoms with van der Waals surface area (Å²) >= 11 is 0. The van der Waals surface area contributed by atoms with Gasteiger partial charge in [-0.2, -0.15) is 5.48 Å². The average Bonchev–Trinajstić information content (AvgIpc) is 2.38. The summed E-state index contributed by atoms with van der Waals surface area (Å²) in [7, 11) is 0. The number of aryl methyl sites for hydroxylation is 1. The SMILES string of the molecule is Cc1ccc(C(=O)OCC2=CCNOC2)cc1. The molecule has 17 heavy (non-hydrogen) atoms. The van der Waals surface area contributed by atoms with Crippen LogP contribution in [0.1, 0.15) is 15.9 Å². The Morgan fingerprint density at radius 1 is 1.41 bits per heavy atom. The first-order valence-electron chi connectivity index (χ1n) is 5.52. The normalized spacial score (nSPS) is 15.2. The third-order valence-electron chi connectivity index (χ3n) is 2.51. The molecule has 1 aromatic carbocycles. The highest BCUT2D eigenvalue weighted by Gasteiger charge is 2.09.